The van der Waals surface area contributed by atoms with Crippen molar-refractivity contribution in [1.82, 2.24) is 20.5 Å². The van der Waals surface area contributed by atoms with Crippen LogP contribution in [0, 0.1) is 0 Å². The Balaban J connectivity index is 1.38. The van der Waals surface area contributed by atoms with Crippen LogP contribution in [-0.4, -0.2) is 48.1 Å². The van der Waals surface area contributed by atoms with Gasteiger partial charge in [-0.1, -0.05) is 60.7 Å². The van der Waals surface area contributed by atoms with Gasteiger partial charge in [0.25, 0.3) is 0 Å². The number of hydrogen-bond acceptors (Lipinski definition) is 5. The van der Waals surface area contributed by atoms with Gasteiger partial charge in [0.1, 0.15) is 5.75 Å². The van der Waals surface area contributed by atoms with E-state index >= 15 is 0 Å². The molecule has 176 valence electrons. The fourth-order valence-corrected chi connectivity index (χ4v) is 4.27. The Hall–Kier alpha value is -3.48. The van der Waals surface area contributed by atoms with Gasteiger partial charge in [-0.05, 0) is 41.3 Å². The van der Waals surface area contributed by atoms with Crippen LogP contribution in [0.1, 0.15) is 23.1 Å². The Morgan fingerprint density at radius 1 is 1.09 bits per heavy atom. The van der Waals surface area contributed by atoms with Crippen LogP contribution in [0.2, 0.25) is 0 Å². The van der Waals surface area contributed by atoms with Gasteiger partial charge in [-0.2, -0.15) is 0 Å². The van der Waals surface area contributed by atoms with Crippen LogP contribution < -0.4 is 15.4 Å². The SMILES string of the molecule is COc1cccc(CN[C@H]2C[C@@H](C(=O)NCc3cccnc3)N(C/C=C/c3ccccc3)C2)c1. The first-order valence-corrected chi connectivity index (χ1v) is 11.7. The Morgan fingerprint density at radius 2 is 1.94 bits per heavy atom. The third-order valence-corrected chi connectivity index (χ3v) is 6.07. The second kappa shape index (κ2) is 12.1. The topological polar surface area (TPSA) is 66.5 Å². The van der Waals surface area contributed by atoms with Crippen LogP contribution >= 0.6 is 0 Å². The van der Waals surface area contributed by atoms with Gasteiger partial charge in [0.2, 0.25) is 5.91 Å². The van der Waals surface area contributed by atoms with Crippen molar-refractivity contribution in [3.63, 3.8) is 0 Å². The molecule has 0 radical (unpaired) electrons. The molecule has 2 N–H and O–H groups in total. The van der Waals surface area contributed by atoms with Gasteiger partial charge in [-0.3, -0.25) is 14.7 Å². The maximum absolute atomic E-state index is 13.1. The Labute approximate surface area is 201 Å². The van der Waals surface area contributed by atoms with E-state index in [4.69, 9.17) is 4.74 Å². The molecule has 1 aliphatic rings. The van der Waals surface area contributed by atoms with Crippen LogP contribution in [0.25, 0.3) is 6.08 Å². The summed E-state index contributed by atoms with van der Waals surface area (Å²) in [4.78, 5) is 19.5. The molecule has 3 aromatic rings. The van der Waals surface area contributed by atoms with Crippen molar-refractivity contribution < 1.29 is 9.53 Å². The summed E-state index contributed by atoms with van der Waals surface area (Å²) in [5.74, 6) is 0.911. The number of likely N-dealkylation sites (tertiary alicyclic amines) is 1. The Kier molecular flexibility index (Phi) is 8.43. The predicted molar refractivity (Wildman–Crippen MR) is 135 cm³/mol. The van der Waals surface area contributed by atoms with Crippen molar-refractivity contribution in [2.75, 3.05) is 20.2 Å². The number of aromatic nitrogens is 1. The molecule has 6 heteroatoms. The fourth-order valence-electron chi connectivity index (χ4n) is 4.27. The minimum Gasteiger partial charge on any atom is -0.497 e. The van der Waals surface area contributed by atoms with Crippen LogP contribution in [0.15, 0.2) is 85.2 Å². The Morgan fingerprint density at radius 3 is 2.74 bits per heavy atom. The summed E-state index contributed by atoms with van der Waals surface area (Å²) in [7, 11) is 1.68. The zero-order chi connectivity index (χ0) is 23.6. The molecule has 0 saturated carbocycles. The van der Waals surface area contributed by atoms with E-state index in [1.807, 2.05) is 48.5 Å². The van der Waals surface area contributed by atoms with Crippen LogP contribution in [0.3, 0.4) is 0 Å². The van der Waals surface area contributed by atoms with E-state index in [1.54, 1.807) is 19.5 Å². The lowest BCUT2D eigenvalue weighted by atomic mass is 10.1. The number of methoxy groups -OCH3 is 1. The third-order valence-electron chi connectivity index (χ3n) is 6.07. The first kappa shape index (κ1) is 23.7. The number of nitrogens with one attached hydrogen (secondary N) is 2. The quantitative estimate of drug-likeness (QED) is 0.488. The molecule has 0 spiro atoms. The monoisotopic (exact) mass is 456 g/mol. The summed E-state index contributed by atoms with van der Waals surface area (Å²) in [6.45, 7) is 2.75. The van der Waals surface area contributed by atoms with Crippen molar-refractivity contribution in [1.29, 1.82) is 0 Å². The normalized spacial score (nSPS) is 18.3. The van der Waals surface area contributed by atoms with Crippen LogP contribution in [-0.2, 0) is 17.9 Å². The number of hydrogen-bond donors (Lipinski definition) is 2. The summed E-state index contributed by atoms with van der Waals surface area (Å²) in [5.41, 5.74) is 3.32. The highest BCUT2D eigenvalue weighted by molar-refractivity contribution is 5.82. The average Bonchev–Trinajstić information content (AvgIpc) is 3.30. The van der Waals surface area contributed by atoms with E-state index in [-0.39, 0.29) is 18.0 Å². The van der Waals surface area contributed by atoms with Gasteiger partial charge in [0, 0.05) is 44.6 Å². The molecule has 0 aliphatic carbocycles. The average molecular weight is 457 g/mol. The summed E-state index contributed by atoms with van der Waals surface area (Å²) in [5, 5.41) is 6.73. The number of amides is 1. The van der Waals surface area contributed by atoms with Gasteiger partial charge in [-0.15, -0.1) is 0 Å². The van der Waals surface area contributed by atoms with E-state index < -0.39 is 0 Å². The lowest BCUT2D eigenvalue weighted by molar-refractivity contribution is -0.125. The molecular formula is C28H32N4O2. The highest BCUT2D eigenvalue weighted by Gasteiger charge is 2.35. The maximum Gasteiger partial charge on any atom is 0.237 e. The summed E-state index contributed by atoms with van der Waals surface area (Å²) < 4.78 is 5.34. The molecule has 1 fully saturated rings. The number of benzene rings is 2. The van der Waals surface area contributed by atoms with Crippen molar-refractivity contribution in [2.24, 2.45) is 0 Å². The number of carbonyl (C=O) groups excluding carboxylic acids is 1. The molecule has 0 bridgehead atoms. The number of carbonyl (C=O) groups is 1. The summed E-state index contributed by atoms with van der Waals surface area (Å²) >= 11 is 0. The lowest BCUT2D eigenvalue weighted by Crippen LogP contribution is -2.43. The number of ether oxygens (including phenoxy) is 1. The van der Waals surface area contributed by atoms with Crippen molar-refractivity contribution >= 4 is 12.0 Å². The molecule has 1 amide bonds. The zero-order valence-corrected chi connectivity index (χ0v) is 19.6. The Bertz CT molecular complexity index is 1070. The van der Waals surface area contributed by atoms with Gasteiger partial charge in [0.15, 0.2) is 0 Å². The van der Waals surface area contributed by atoms with Crippen LogP contribution in [0.5, 0.6) is 5.75 Å². The van der Waals surface area contributed by atoms with Gasteiger partial charge >= 0.3 is 0 Å². The van der Waals surface area contributed by atoms with E-state index in [0.29, 0.717) is 6.54 Å². The third kappa shape index (κ3) is 6.76. The van der Waals surface area contributed by atoms with Crippen molar-refractivity contribution in [3.05, 3.63) is 102 Å². The van der Waals surface area contributed by atoms with E-state index in [2.05, 4.69) is 50.9 Å². The summed E-state index contributed by atoms with van der Waals surface area (Å²) in [6, 6.07) is 22.2. The van der Waals surface area contributed by atoms with Crippen molar-refractivity contribution in [2.45, 2.75) is 31.6 Å². The molecule has 2 heterocycles. The number of rotatable bonds is 10. The molecule has 1 aromatic heterocycles. The minimum atomic E-state index is -0.181. The van der Waals surface area contributed by atoms with E-state index in [1.165, 1.54) is 5.56 Å². The first-order chi connectivity index (χ1) is 16.7. The molecule has 2 aromatic carbocycles. The molecule has 0 unspecified atom stereocenters. The first-order valence-electron chi connectivity index (χ1n) is 11.7. The number of pyridine rings is 1. The highest BCUT2D eigenvalue weighted by Crippen LogP contribution is 2.20. The summed E-state index contributed by atoms with van der Waals surface area (Å²) in [6.07, 6.45) is 8.54. The maximum atomic E-state index is 13.1. The predicted octanol–water partition coefficient (Wildman–Crippen LogP) is 3.65. The second-order valence-electron chi connectivity index (χ2n) is 8.53. The molecule has 34 heavy (non-hydrogen) atoms. The fraction of sp³-hybridized carbons (Fsp3) is 0.286. The lowest BCUT2D eigenvalue weighted by Gasteiger charge is -2.22. The zero-order valence-electron chi connectivity index (χ0n) is 19.6. The smallest absolute Gasteiger partial charge is 0.237 e. The molecule has 2 atom stereocenters. The molecule has 4 rings (SSSR count). The standard InChI is InChI=1S/C28H32N4O2/c1-34-26-13-5-10-23(16-26)19-30-25-17-27(28(33)31-20-24-11-6-14-29-18-24)32(21-25)15-7-12-22-8-3-2-4-9-22/h2-14,16,18,25,27,30H,15,17,19-21H2,1H3,(H,31,33)/b12-7+/t25-,27-/m0/s1. The van der Waals surface area contributed by atoms with Crippen LogP contribution in [0.4, 0.5) is 0 Å². The van der Waals surface area contributed by atoms with E-state index in [9.17, 15) is 4.79 Å². The van der Waals surface area contributed by atoms with Crippen molar-refractivity contribution in [3.8, 4) is 5.75 Å². The molecule has 6 nitrogen and oxygen atoms in total. The second-order valence-corrected chi connectivity index (χ2v) is 8.53. The number of nitrogens with zero attached hydrogens (tertiary/aromatic N) is 2. The minimum absolute atomic E-state index is 0.0580. The molecular weight excluding hydrogens is 424 g/mol. The van der Waals surface area contributed by atoms with Gasteiger partial charge in [0.05, 0.1) is 13.2 Å². The highest BCUT2D eigenvalue weighted by atomic mass is 16.5. The van der Waals surface area contributed by atoms with Gasteiger partial charge in [-0.25, -0.2) is 0 Å². The van der Waals surface area contributed by atoms with Gasteiger partial charge < -0.3 is 15.4 Å². The largest absolute Gasteiger partial charge is 0.497 e. The molecule has 1 aliphatic heterocycles. The molecule has 1 saturated heterocycles. The van der Waals surface area contributed by atoms with E-state index in [0.717, 1.165) is 42.9 Å².